The zero-order chi connectivity index (χ0) is 14.9. The number of benzene rings is 1. The van der Waals surface area contributed by atoms with Crippen molar-refractivity contribution in [3.63, 3.8) is 0 Å². The number of carbonyl (C=O) groups excluding carboxylic acids is 1. The average Bonchev–Trinajstić information content (AvgIpc) is 2.42. The summed E-state index contributed by atoms with van der Waals surface area (Å²) >= 11 is 0. The van der Waals surface area contributed by atoms with Gasteiger partial charge < -0.3 is 4.74 Å². The summed E-state index contributed by atoms with van der Waals surface area (Å²) in [7, 11) is 0. The fourth-order valence-corrected chi connectivity index (χ4v) is 1.77. The number of ketones is 1. The van der Waals surface area contributed by atoms with Gasteiger partial charge in [-0.1, -0.05) is 0 Å². The Bertz CT molecular complexity index is 632. The summed E-state index contributed by atoms with van der Waals surface area (Å²) in [4.78, 5) is 11.1. The maximum Gasteiger partial charge on any atom is 0.205 e. The van der Waals surface area contributed by atoms with Crippen molar-refractivity contribution in [2.24, 2.45) is 0 Å². The molecule has 0 saturated carbocycles. The van der Waals surface area contributed by atoms with Crippen LogP contribution < -0.4 is 4.74 Å². The van der Waals surface area contributed by atoms with Gasteiger partial charge in [-0.2, -0.15) is 14.0 Å². The molecule has 0 atom stereocenters. The number of nitrogens with zero attached hydrogens (tertiary/aromatic N) is 1. The molecule has 104 valence electrons. The number of hydrogen-bond acceptors (Lipinski definition) is 3. The third kappa shape index (κ3) is 2.37. The number of hydrogen-bond donors (Lipinski definition) is 0. The van der Waals surface area contributed by atoms with Crippen LogP contribution in [0, 0.1) is 34.6 Å². The fraction of sp³-hybridized carbons (Fsp3) is 0.231. The summed E-state index contributed by atoms with van der Waals surface area (Å²) in [6.45, 7) is 0. The van der Waals surface area contributed by atoms with E-state index in [0.29, 0.717) is 6.42 Å². The SMILES string of the molecule is N#Cc1c(F)c(F)c(OC2=CC(=O)CCC2)c(F)c1F. The molecule has 1 aromatic rings. The van der Waals surface area contributed by atoms with Crippen molar-refractivity contribution in [3.8, 4) is 11.8 Å². The van der Waals surface area contributed by atoms with Crippen molar-refractivity contribution in [2.75, 3.05) is 0 Å². The minimum absolute atomic E-state index is 0.0810. The van der Waals surface area contributed by atoms with Crippen LogP contribution in [0.5, 0.6) is 5.75 Å². The molecule has 7 heteroatoms. The van der Waals surface area contributed by atoms with Crippen molar-refractivity contribution in [1.82, 2.24) is 0 Å². The third-order valence-electron chi connectivity index (χ3n) is 2.74. The summed E-state index contributed by atoms with van der Waals surface area (Å²) in [6, 6.07) is 1.03. The molecule has 0 fully saturated rings. The lowest BCUT2D eigenvalue weighted by molar-refractivity contribution is -0.115. The van der Waals surface area contributed by atoms with Gasteiger partial charge in [0.2, 0.25) is 17.4 Å². The van der Waals surface area contributed by atoms with Gasteiger partial charge in [-0.15, -0.1) is 0 Å². The first-order chi connectivity index (χ1) is 9.45. The topological polar surface area (TPSA) is 50.1 Å². The molecule has 3 nitrogen and oxygen atoms in total. The molecule has 0 unspecified atom stereocenters. The second kappa shape index (κ2) is 5.33. The van der Waals surface area contributed by atoms with E-state index >= 15 is 0 Å². The van der Waals surface area contributed by atoms with Gasteiger partial charge in [-0.3, -0.25) is 4.79 Å². The Morgan fingerprint density at radius 2 is 1.65 bits per heavy atom. The molecule has 0 heterocycles. The van der Waals surface area contributed by atoms with Crippen LogP contribution in [0.2, 0.25) is 0 Å². The Labute approximate surface area is 111 Å². The standard InChI is InChI=1S/C13H7F4NO2/c14-9-8(5-18)10(15)12(17)13(11(9)16)20-7-3-1-2-6(19)4-7/h4H,1-3H2. The summed E-state index contributed by atoms with van der Waals surface area (Å²) in [5.41, 5.74) is -1.36. The summed E-state index contributed by atoms with van der Waals surface area (Å²) in [5, 5.41) is 8.44. The largest absolute Gasteiger partial charge is 0.455 e. The fourth-order valence-electron chi connectivity index (χ4n) is 1.77. The highest BCUT2D eigenvalue weighted by molar-refractivity contribution is 5.90. The number of allylic oxidation sites excluding steroid dienone is 2. The van der Waals surface area contributed by atoms with E-state index in [2.05, 4.69) is 0 Å². The molecular weight excluding hydrogens is 278 g/mol. The molecule has 20 heavy (non-hydrogen) atoms. The van der Waals surface area contributed by atoms with E-state index in [-0.39, 0.29) is 24.4 Å². The number of nitriles is 1. The zero-order valence-electron chi connectivity index (χ0n) is 9.97. The quantitative estimate of drug-likeness (QED) is 0.619. The Balaban J connectivity index is 2.48. The van der Waals surface area contributed by atoms with E-state index in [0.717, 1.165) is 12.1 Å². The second-order valence-electron chi connectivity index (χ2n) is 4.10. The van der Waals surface area contributed by atoms with E-state index in [9.17, 15) is 22.4 Å². The molecule has 0 radical (unpaired) electrons. The first-order valence-electron chi connectivity index (χ1n) is 5.63. The Hall–Kier alpha value is -2.36. The first kappa shape index (κ1) is 14.1. The number of ether oxygens (including phenoxy) is 1. The highest BCUT2D eigenvalue weighted by atomic mass is 19.2. The van der Waals surface area contributed by atoms with Gasteiger partial charge in [0, 0.05) is 18.9 Å². The molecule has 1 aromatic carbocycles. The van der Waals surface area contributed by atoms with Crippen LogP contribution in [0.4, 0.5) is 17.6 Å². The van der Waals surface area contributed by atoms with E-state index in [1.54, 1.807) is 0 Å². The monoisotopic (exact) mass is 285 g/mol. The van der Waals surface area contributed by atoms with Crippen molar-refractivity contribution in [3.05, 3.63) is 40.7 Å². The van der Waals surface area contributed by atoms with E-state index in [1.807, 2.05) is 0 Å². The van der Waals surface area contributed by atoms with E-state index in [4.69, 9.17) is 10.00 Å². The van der Waals surface area contributed by atoms with Crippen molar-refractivity contribution in [1.29, 1.82) is 5.26 Å². The summed E-state index contributed by atoms with van der Waals surface area (Å²) in [5.74, 6) is -8.95. The molecule has 0 bridgehead atoms. The Morgan fingerprint density at radius 1 is 1.05 bits per heavy atom. The van der Waals surface area contributed by atoms with Crippen LogP contribution in [0.3, 0.4) is 0 Å². The maximum atomic E-state index is 13.6. The second-order valence-corrected chi connectivity index (χ2v) is 4.10. The minimum Gasteiger partial charge on any atom is -0.455 e. The van der Waals surface area contributed by atoms with Gasteiger partial charge in [0.15, 0.2) is 17.4 Å². The molecule has 0 N–H and O–H groups in total. The van der Waals surface area contributed by atoms with Gasteiger partial charge in [-0.05, 0) is 6.42 Å². The first-order valence-corrected chi connectivity index (χ1v) is 5.63. The van der Waals surface area contributed by atoms with Crippen LogP contribution in [0.15, 0.2) is 11.8 Å². The van der Waals surface area contributed by atoms with E-state index < -0.39 is 34.6 Å². The van der Waals surface area contributed by atoms with Gasteiger partial charge in [0.25, 0.3) is 0 Å². The highest BCUT2D eigenvalue weighted by Gasteiger charge is 2.28. The van der Waals surface area contributed by atoms with Gasteiger partial charge >= 0.3 is 0 Å². The van der Waals surface area contributed by atoms with E-state index in [1.165, 1.54) is 0 Å². The van der Waals surface area contributed by atoms with Crippen LogP contribution in [0.1, 0.15) is 24.8 Å². The van der Waals surface area contributed by atoms with Gasteiger partial charge in [0.05, 0.1) is 0 Å². The van der Waals surface area contributed by atoms with Crippen LogP contribution in [0.25, 0.3) is 0 Å². The zero-order valence-corrected chi connectivity index (χ0v) is 9.97. The molecule has 0 amide bonds. The third-order valence-corrected chi connectivity index (χ3v) is 2.74. The average molecular weight is 285 g/mol. The smallest absolute Gasteiger partial charge is 0.205 e. The van der Waals surface area contributed by atoms with Crippen LogP contribution in [-0.4, -0.2) is 5.78 Å². The molecule has 0 spiro atoms. The molecule has 0 aromatic heterocycles. The molecular formula is C13H7F4NO2. The Morgan fingerprint density at radius 3 is 2.15 bits per heavy atom. The minimum atomic E-state index is -1.83. The number of carbonyl (C=O) groups is 1. The van der Waals surface area contributed by atoms with Crippen molar-refractivity contribution < 1.29 is 27.1 Å². The van der Waals surface area contributed by atoms with Crippen molar-refractivity contribution in [2.45, 2.75) is 19.3 Å². The number of halogens is 4. The predicted molar refractivity (Wildman–Crippen MR) is 58.6 cm³/mol. The summed E-state index contributed by atoms with van der Waals surface area (Å²) in [6.07, 6.45) is 1.92. The highest BCUT2D eigenvalue weighted by Crippen LogP contribution is 2.32. The normalized spacial score (nSPS) is 14.8. The lowest BCUT2D eigenvalue weighted by Crippen LogP contribution is -2.11. The number of rotatable bonds is 2. The molecule has 1 aliphatic rings. The molecule has 1 aliphatic carbocycles. The van der Waals surface area contributed by atoms with Crippen LogP contribution >= 0.6 is 0 Å². The Kier molecular flexibility index (Phi) is 3.74. The molecule has 0 aliphatic heterocycles. The molecule has 0 saturated heterocycles. The summed E-state index contributed by atoms with van der Waals surface area (Å²) < 4.78 is 58.6. The maximum absolute atomic E-state index is 13.6. The van der Waals surface area contributed by atoms with Gasteiger partial charge in [0.1, 0.15) is 17.4 Å². The molecule has 2 rings (SSSR count). The van der Waals surface area contributed by atoms with Crippen molar-refractivity contribution >= 4 is 5.78 Å². The predicted octanol–water partition coefficient (Wildman–Crippen LogP) is 3.13. The van der Waals surface area contributed by atoms with Gasteiger partial charge in [-0.25, -0.2) is 8.78 Å². The lowest BCUT2D eigenvalue weighted by atomic mass is 10.1. The lowest BCUT2D eigenvalue weighted by Gasteiger charge is -2.15. The van der Waals surface area contributed by atoms with Crippen LogP contribution in [-0.2, 0) is 4.79 Å².